The lowest BCUT2D eigenvalue weighted by molar-refractivity contribution is -0.119. The zero-order chi connectivity index (χ0) is 16.7. The minimum Gasteiger partial charge on any atom is -0.497 e. The molecule has 0 aliphatic heterocycles. The summed E-state index contributed by atoms with van der Waals surface area (Å²) in [6, 6.07) is 12.7. The average Bonchev–Trinajstić information content (AvgIpc) is 2.59. The van der Waals surface area contributed by atoms with Crippen LogP contribution in [0.3, 0.4) is 0 Å². The van der Waals surface area contributed by atoms with Crippen molar-refractivity contribution >= 4 is 23.6 Å². The molecule has 5 nitrogen and oxygen atoms in total. The highest BCUT2D eigenvalue weighted by atomic mass is 32.2. The van der Waals surface area contributed by atoms with Crippen LogP contribution in [-0.4, -0.2) is 24.7 Å². The van der Waals surface area contributed by atoms with Gasteiger partial charge in [-0.1, -0.05) is 18.2 Å². The van der Waals surface area contributed by atoms with Crippen LogP contribution in [-0.2, 0) is 4.79 Å². The van der Waals surface area contributed by atoms with Crippen LogP contribution in [0.5, 0.6) is 5.75 Å². The number of ether oxygens (including phenoxy) is 1. The van der Waals surface area contributed by atoms with Crippen LogP contribution < -0.4 is 15.6 Å². The molecule has 2 N–H and O–H groups in total. The van der Waals surface area contributed by atoms with Gasteiger partial charge in [0.15, 0.2) is 0 Å². The van der Waals surface area contributed by atoms with Gasteiger partial charge in [0.25, 0.3) is 5.91 Å². The van der Waals surface area contributed by atoms with Gasteiger partial charge in [-0.15, -0.1) is 11.8 Å². The van der Waals surface area contributed by atoms with Crippen LogP contribution in [0.2, 0.25) is 0 Å². The summed E-state index contributed by atoms with van der Waals surface area (Å²) in [5.41, 5.74) is 4.94. The number of methoxy groups -OCH3 is 1. The third-order valence-electron chi connectivity index (χ3n) is 2.84. The summed E-state index contributed by atoms with van der Waals surface area (Å²) in [4.78, 5) is 24.0. The first-order valence-corrected chi connectivity index (χ1v) is 7.69. The molecule has 0 fully saturated rings. The largest absolute Gasteiger partial charge is 0.497 e. The fourth-order valence-corrected chi connectivity index (χ4v) is 2.44. The molecule has 0 saturated heterocycles. The van der Waals surface area contributed by atoms with Crippen molar-refractivity contribution in [2.75, 3.05) is 12.9 Å². The zero-order valence-corrected chi connectivity index (χ0v) is 13.2. The number of hydrogen-bond acceptors (Lipinski definition) is 4. The predicted molar refractivity (Wildman–Crippen MR) is 85.7 cm³/mol. The van der Waals surface area contributed by atoms with Gasteiger partial charge in [-0.2, -0.15) is 0 Å². The Hall–Kier alpha value is -2.54. The zero-order valence-electron chi connectivity index (χ0n) is 12.3. The van der Waals surface area contributed by atoms with Crippen molar-refractivity contribution in [2.24, 2.45) is 0 Å². The number of nitrogens with one attached hydrogen (secondary N) is 2. The Morgan fingerprint density at radius 1 is 1.13 bits per heavy atom. The van der Waals surface area contributed by atoms with Crippen molar-refractivity contribution in [3.63, 3.8) is 0 Å². The highest BCUT2D eigenvalue weighted by Crippen LogP contribution is 2.20. The lowest BCUT2D eigenvalue weighted by Crippen LogP contribution is -2.42. The Bertz CT molecular complexity index is 709. The van der Waals surface area contributed by atoms with E-state index in [1.165, 1.54) is 13.2 Å². The summed E-state index contributed by atoms with van der Waals surface area (Å²) in [6.07, 6.45) is 0. The Balaban J connectivity index is 1.82. The van der Waals surface area contributed by atoms with E-state index >= 15 is 0 Å². The Kier molecular flexibility index (Phi) is 5.99. The van der Waals surface area contributed by atoms with Crippen LogP contribution in [0, 0.1) is 5.82 Å². The number of rotatable bonds is 5. The van der Waals surface area contributed by atoms with Crippen LogP contribution >= 0.6 is 11.8 Å². The van der Waals surface area contributed by atoms with Gasteiger partial charge >= 0.3 is 0 Å². The maximum atomic E-state index is 13.4. The number of halogens is 1. The van der Waals surface area contributed by atoms with E-state index in [1.807, 2.05) is 0 Å². The quantitative estimate of drug-likeness (QED) is 0.651. The molecular formula is C16H15FN2O3S. The van der Waals surface area contributed by atoms with Crippen molar-refractivity contribution in [2.45, 2.75) is 4.90 Å². The SMILES string of the molecule is COc1cccc(C(=O)NNC(=O)CSc2ccccc2F)c1. The average molecular weight is 334 g/mol. The minimum atomic E-state index is -0.465. The van der Waals surface area contributed by atoms with E-state index in [-0.39, 0.29) is 11.6 Å². The number of amides is 2. The maximum Gasteiger partial charge on any atom is 0.269 e. The molecule has 0 spiro atoms. The van der Waals surface area contributed by atoms with Crippen LogP contribution in [0.15, 0.2) is 53.4 Å². The van der Waals surface area contributed by atoms with E-state index in [4.69, 9.17) is 4.74 Å². The molecule has 2 rings (SSSR count). The summed E-state index contributed by atoms with van der Waals surface area (Å²) >= 11 is 1.05. The van der Waals surface area contributed by atoms with Gasteiger partial charge in [-0.3, -0.25) is 20.4 Å². The fraction of sp³-hybridized carbons (Fsp3) is 0.125. The summed E-state index contributed by atoms with van der Waals surface area (Å²) < 4.78 is 18.4. The van der Waals surface area contributed by atoms with Gasteiger partial charge in [0.1, 0.15) is 11.6 Å². The first-order valence-electron chi connectivity index (χ1n) is 6.70. The second kappa shape index (κ2) is 8.19. The van der Waals surface area contributed by atoms with Gasteiger partial charge in [-0.25, -0.2) is 4.39 Å². The van der Waals surface area contributed by atoms with E-state index < -0.39 is 11.8 Å². The van der Waals surface area contributed by atoms with E-state index in [0.717, 1.165) is 11.8 Å². The van der Waals surface area contributed by atoms with Crippen LogP contribution in [0.4, 0.5) is 4.39 Å². The van der Waals surface area contributed by atoms with Gasteiger partial charge < -0.3 is 4.74 Å². The molecule has 2 aromatic rings. The highest BCUT2D eigenvalue weighted by molar-refractivity contribution is 8.00. The van der Waals surface area contributed by atoms with Gasteiger partial charge in [0, 0.05) is 10.5 Å². The molecule has 0 aliphatic rings. The monoisotopic (exact) mass is 334 g/mol. The van der Waals surface area contributed by atoms with Crippen molar-refractivity contribution in [1.29, 1.82) is 0 Å². The Morgan fingerprint density at radius 2 is 1.91 bits per heavy atom. The number of hydrogen-bond donors (Lipinski definition) is 2. The van der Waals surface area contributed by atoms with E-state index in [1.54, 1.807) is 42.5 Å². The number of hydrazine groups is 1. The predicted octanol–water partition coefficient (Wildman–Crippen LogP) is 2.39. The normalized spacial score (nSPS) is 10.0. The lowest BCUT2D eigenvalue weighted by Gasteiger charge is -2.08. The van der Waals surface area contributed by atoms with Gasteiger partial charge in [0.2, 0.25) is 5.91 Å². The number of carbonyl (C=O) groups excluding carboxylic acids is 2. The molecule has 0 aromatic heterocycles. The molecule has 120 valence electrons. The van der Waals surface area contributed by atoms with Gasteiger partial charge in [-0.05, 0) is 30.3 Å². The van der Waals surface area contributed by atoms with E-state index in [2.05, 4.69) is 10.9 Å². The van der Waals surface area contributed by atoms with E-state index in [9.17, 15) is 14.0 Å². The minimum absolute atomic E-state index is 0.0146. The molecule has 0 radical (unpaired) electrons. The standard InChI is InChI=1S/C16H15FN2O3S/c1-22-12-6-4-5-11(9-12)16(21)19-18-15(20)10-23-14-8-3-2-7-13(14)17/h2-9H,10H2,1H3,(H,18,20)(H,19,21). The molecule has 2 amide bonds. The summed E-state index contributed by atoms with van der Waals surface area (Å²) in [7, 11) is 1.50. The van der Waals surface area contributed by atoms with E-state index in [0.29, 0.717) is 16.2 Å². The Labute approximate surface area is 137 Å². The third-order valence-corrected chi connectivity index (χ3v) is 3.89. The molecule has 7 heteroatoms. The number of carbonyl (C=O) groups is 2. The van der Waals surface area contributed by atoms with Crippen molar-refractivity contribution in [1.82, 2.24) is 10.9 Å². The number of thioether (sulfide) groups is 1. The van der Waals surface area contributed by atoms with Gasteiger partial charge in [0.05, 0.1) is 12.9 Å². The first-order chi connectivity index (χ1) is 11.1. The molecule has 0 unspecified atom stereocenters. The smallest absolute Gasteiger partial charge is 0.269 e. The molecule has 0 bridgehead atoms. The molecule has 23 heavy (non-hydrogen) atoms. The number of benzene rings is 2. The van der Waals surface area contributed by atoms with Crippen molar-refractivity contribution in [3.8, 4) is 5.75 Å². The molecule has 0 heterocycles. The highest BCUT2D eigenvalue weighted by Gasteiger charge is 2.09. The second-order valence-electron chi connectivity index (χ2n) is 4.45. The van der Waals surface area contributed by atoms with Crippen molar-refractivity contribution in [3.05, 3.63) is 59.9 Å². The summed E-state index contributed by atoms with van der Waals surface area (Å²) in [5, 5.41) is 0. The summed E-state index contributed by atoms with van der Waals surface area (Å²) in [5.74, 6) is -0.758. The Morgan fingerprint density at radius 3 is 2.65 bits per heavy atom. The first kappa shape index (κ1) is 16.8. The van der Waals surface area contributed by atoms with Crippen molar-refractivity contribution < 1.29 is 18.7 Å². The molecular weight excluding hydrogens is 319 g/mol. The fourth-order valence-electron chi connectivity index (χ4n) is 1.70. The van der Waals surface area contributed by atoms with Crippen LogP contribution in [0.1, 0.15) is 10.4 Å². The maximum absolute atomic E-state index is 13.4. The third kappa shape index (κ3) is 5.00. The molecule has 2 aromatic carbocycles. The molecule has 0 aliphatic carbocycles. The molecule has 0 atom stereocenters. The lowest BCUT2D eigenvalue weighted by atomic mass is 10.2. The van der Waals surface area contributed by atoms with Crippen LogP contribution in [0.25, 0.3) is 0 Å². The topological polar surface area (TPSA) is 67.4 Å². The summed E-state index contributed by atoms with van der Waals surface area (Å²) in [6.45, 7) is 0. The molecule has 0 saturated carbocycles. The second-order valence-corrected chi connectivity index (χ2v) is 5.47.